The Kier molecular flexibility index (Phi) is 5.61. The summed E-state index contributed by atoms with van der Waals surface area (Å²) in [6, 6.07) is 18.2. The predicted octanol–water partition coefficient (Wildman–Crippen LogP) is 2.39. The minimum absolute atomic E-state index is 0.0348. The van der Waals surface area contributed by atoms with Crippen molar-refractivity contribution in [1.29, 1.82) is 0 Å². The third-order valence-corrected chi connectivity index (χ3v) is 8.29. The zero-order chi connectivity index (χ0) is 24.0. The lowest BCUT2D eigenvalue weighted by Gasteiger charge is -2.56. The second-order valence-electron chi connectivity index (χ2n) is 10.3. The van der Waals surface area contributed by atoms with Gasteiger partial charge in [-0.2, -0.15) is 0 Å². The van der Waals surface area contributed by atoms with E-state index in [1.807, 2.05) is 24.3 Å². The molecule has 2 aromatic carbocycles. The predicted molar refractivity (Wildman–Crippen MR) is 136 cm³/mol. The third-order valence-electron chi connectivity index (χ3n) is 8.29. The van der Waals surface area contributed by atoms with E-state index in [0.29, 0.717) is 19.5 Å². The van der Waals surface area contributed by atoms with Crippen molar-refractivity contribution in [3.63, 3.8) is 0 Å². The summed E-state index contributed by atoms with van der Waals surface area (Å²) in [7, 11) is 2.11. The van der Waals surface area contributed by atoms with Crippen molar-refractivity contribution in [3.8, 4) is 0 Å². The summed E-state index contributed by atoms with van der Waals surface area (Å²) in [4.78, 5) is 35.5. The van der Waals surface area contributed by atoms with Crippen molar-refractivity contribution >= 4 is 22.7 Å². The number of H-pyrrole nitrogens is 1. The van der Waals surface area contributed by atoms with Crippen LogP contribution in [0.1, 0.15) is 35.7 Å². The molecule has 0 radical (unpaired) electrons. The fourth-order valence-electron chi connectivity index (χ4n) is 6.42. The lowest BCUT2D eigenvalue weighted by molar-refractivity contribution is -0.154. The average molecular weight is 472 g/mol. The molecule has 1 aromatic heterocycles. The normalized spacial score (nSPS) is 24.1. The van der Waals surface area contributed by atoms with Crippen LogP contribution in [0.2, 0.25) is 0 Å². The van der Waals surface area contributed by atoms with Gasteiger partial charge in [-0.05, 0) is 49.9 Å². The Balaban J connectivity index is 1.35. The first-order valence-corrected chi connectivity index (χ1v) is 12.7. The van der Waals surface area contributed by atoms with Crippen molar-refractivity contribution in [2.75, 3.05) is 33.2 Å². The van der Waals surface area contributed by atoms with Gasteiger partial charge in [0, 0.05) is 42.8 Å². The molecule has 2 bridgehead atoms. The van der Waals surface area contributed by atoms with Crippen LogP contribution in [0.5, 0.6) is 0 Å². The average Bonchev–Trinajstić information content (AvgIpc) is 3.26. The minimum Gasteiger partial charge on any atom is -0.357 e. The molecule has 0 aliphatic carbocycles. The van der Waals surface area contributed by atoms with Crippen LogP contribution in [0.15, 0.2) is 54.6 Å². The molecule has 7 heteroatoms. The molecule has 7 nitrogen and oxygen atoms in total. The molecule has 2 fully saturated rings. The number of piperidine rings is 1. The summed E-state index contributed by atoms with van der Waals surface area (Å²) < 4.78 is 0. The van der Waals surface area contributed by atoms with E-state index in [0.717, 1.165) is 43.6 Å². The minimum atomic E-state index is -0.703. The first-order valence-electron chi connectivity index (χ1n) is 12.7. The Morgan fingerprint density at radius 3 is 2.60 bits per heavy atom. The van der Waals surface area contributed by atoms with Gasteiger partial charge in [-0.15, -0.1) is 0 Å². The SMILES string of the molecule is CN1CCC(C(=O)NCCc2ccccc2)(N2[C@H]3Cc4c([nH]c5ccccc45)[C@@H]2CNC3=O)CC1. The Labute approximate surface area is 205 Å². The van der Waals surface area contributed by atoms with Crippen LogP contribution in [-0.2, 0) is 22.4 Å². The Bertz CT molecular complexity index is 1240. The van der Waals surface area contributed by atoms with E-state index in [9.17, 15) is 9.59 Å². The number of nitrogens with one attached hydrogen (secondary N) is 3. The molecule has 6 rings (SSSR count). The first kappa shape index (κ1) is 22.3. The number of carbonyl (C=O) groups excluding carboxylic acids is 2. The molecule has 2 amide bonds. The van der Waals surface area contributed by atoms with Crippen LogP contribution in [-0.4, -0.2) is 71.4 Å². The zero-order valence-electron chi connectivity index (χ0n) is 20.2. The van der Waals surface area contributed by atoms with E-state index < -0.39 is 5.54 Å². The number of aromatic nitrogens is 1. The fourth-order valence-corrected chi connectivity index (χ4v) is 6.42. The molecule has 3 aliphatic rings. The van der Waals surface area contributed by atoms with Crippen molar-refractivity contribution in [1.82, 2.24) is 25.4 Å². The number of nitrogens with zero attached hydrogens (tertiary/aromatic N) is 2. The quantitative estimate of drug-likeness (QED) is 0.534. The van der Waals surface area contributed by atoms with Gasteiger partial charge in [-0.25, -0.2) is 0 Å². The van der Waals surface area contributed by atoms with Crippen molar-refractivity contribution < 1.29 is 9.59 Å². The third kappa shape index (κ3) is 3.74. The van der Waals surface area contributed by atoms with E-state index in [4.69, 9.17) is 0 Å². The van der Waals surface area contributed by atoms with E-state index in [1.165, 1.54) is 16.5 Å². The second-order valence-corrected chi connectivity index (χ2v) is 10.3. The smallest absolute Gasteiger partial charge is 0.240 e. The highest BCUT2D eigenvalue weighted by Crippen LogP contribution is 2.45. The van der Waals surface area contributed by atoms with Crippen LogP contribution in [0, 0.1) is 0 Å². The van der Waals surface area contributed by atoms with Gasteiger partial charge in [0.05, 0.1) is 12.1 Å². The summed E-state index contributed by atoms with van der Waals surface area (Å²) in [5, 5.41) is 7.58. The lowest BCUT2D eigenvalue weighted by atomic mass is 9.77. The van der Waals surface area contributed by atoms with Gasteiger partial charge in [0.2, 0.25) is 11.8 Å². The molecule has 3 aromatic rings. The number of benzene rings is 2. The maximum Gasteiger partial charge on any atom is 0.240 e. The van der Waals surface area contributed by atoms with Gasteiger partial charge in [0.15, 0.2) is 0 Å². The van der Waals surface area contributed by atoms with Crippen LogP contribution >= 0.6 is 0 Å². The number of rotatable bonds is 5. The van der Waals surface area contributed by atoms with E-state index >= 15 is 0 Å². The number of amides is 2. The standard InChI is InChI=1S/C28H33N5O2/c1-32-15-12-28(13-16-32,27(35)29-14-11-19-7-3-2-4-8-19)33-23-17-21-20-9-5-6-10-22(20)31-25(21)24(33)18-30-26(23)34/h2-10,23-24,31H,11-18H2,1H3,(H,29,35)(H,30,34)/t23-,24-/m0/s1. The Morgan fingerprint density at radius 1 is 1.06 bits per heavy atom. The van der Waals surface area contributed by atoms with Crippen LogP contribution < -0.4 is 10.6 Å². The molecule has 0 spiro atoms. The van der Waals surface area contributed by atoms with Crippen LogP contribution in [0.4, 0.5) is 0 Å². The highest BCUT2D eigenvalue weighted by Gasteiger charge is 2.56. The number of hydrogen-bond acceptors (Lipinski definition) is 4. The van der Waals surface area contributed by atoms with Gasteiger partial charge in [0.1, 0.15) is 5.54 Å². The molecule has 182 valence electrons. The molecule has 0 saturated carbocycles. The maximum atomic E-state index is 14.0. The number of likely N-dealkylation sites (tertiary alicyclic amines) is 1. The van der Waals surface area contributed by atoms with Gasteiger partial charge in [0.25, 0.3) is 0 Å². The Hall–Kier alpha value is -3.16. The second kappa shape index (κ2) is 8.81. The van der Waals surface area contributed by atoms with E-state index in [1.54, 1.807) is 0 Å². The summed E-state index contributed by atoms with van der Waals surface area (Å²) in [6.45, 7) is 2.78. The maximum absolute atomic E-state index is 14.0. The zero-order valence-corrected chi connectivity index (χ0v) is 20.2. The molecule has 2 atom stereocenters. The molecule has 3 N–H and O–H groups in total. The molecule has 35 heavy (non-hydrogen) atoms. The van der Waals surface area contributed by atoms with Gasteiger partial charge in [-0.1, -0.05) is 48.5 Å². The number of hydrogen-bond donors (Lipinski definition) is 3. The topological polar surface area (TPSA) is 80.5 Å². The Morgan fingerprint density at radius 2 is 1.80 bits per heavy atom. The number of para-hydroxylation sites is 1. The molecular formula is C28H33N5O2. The van der Waals surface area contributed by atoms with Gasteiger partial charge < -0.3 is 20.5 Å². The van der Waals surface area contributed by atoms with Crippen molar-refractivity contribution in [2.45, 2.75) is 43.3 Å². The molecular weight excluding hydrogens is 438 g/mol. The summed E-state index contributed by atoms with van der Waals surface area (Å²) >= 11 is 0. The van der Waals surface area contributed by atoms with Gasteiger partial charge in [-0.3, -0.25) is 14.5 Å². The molecule has 3 aliphatic heterocycles. The number of carbonyl (C=O) groups is 2. The molecule has 0 unspecified atom stereocenters. The highest BCUT2D eigenvalue weighted by atomic mass is 16.2. The summed E-state index contributed by atoms with van der Waals surface area (Å²) in [5.74, 6) is 0.0957. The largest absolute Gasteiger partial charge is 0.357 e. The summed E-state index contributed by atoms with van der Waals surface area (Å²) in [6.07, 6.45) is 2.85. The summed E-state index contributed by atoms with van der Waals surface area (Å²) in [5.41, 5.74) is 3.99. The highest BCUT2D eigenvalue weighted by molar-refractivity contribution is 5.92. The van der Waals surface area contributed by atoms with E-state index in [-0.39, 0.29) is 23.9 Å². The number of fused-ring (bicyclic) bond motifs is 6. The molecule has 2 saturated heterocycles. The van der Waals surface area contributed by atoms with E-state index in [2.05, 4.69) is 62.8 Å². The number of aromatic amines is 1. The van der Waals surface area contributed by atoms with Gasteiger partial charge >= 0.3 is 0 Å². The lowest BCUT2D eigenvalue weighted by Crippen LogP contribution is -2.72. The first-order chi connectivity index (χ1) is 17.1. The number of piperazine rings is 1. The fraction of sp³-hybridized carbons (Fsp3) is 0.429. The van der Waals surface area contributed by atoms with Crippen LogP contribution in [0.25, 0.3) is 10.9 Å². The monoisotopic (exact) mass is 471 g/mol. The van der Waals surface area contributed by atoms with Crippen molar-refractivity contribution in [3.05, 3.63) is 71.4 Å². The molecule has 4 heterocycles. The van der Waals surface area contributed by atoms with Crippen LogP contribution in [0.3, 0.4) is 0 Å². The van der Waals surface area contributed by atoms with Crippen molar-refractivity contribution in [2.24, 2.45) is 0 Å².